The van der Waals surface area contributed by atoms with Crippen molar-refractivity contribution in [3.63, 3.8) is 0 Å². The number of rotatable bonds is 2. The van der Waals surface area contributed by atoms with Crippen LogP contribution in [0.1, 0.15) is 12.8 Å². The molecule has 0 unspecified atom stereocenters. The third-order valence-corrected chi connectivity index (χ3v) is 4.58. The molecule has 2 heterocycles. The molecule has 0 bridgehead atoms. The molecule has 2 amide bonds. The number of nitrogens with zero attached hydrogens (tertiary/aromatic N) is 1. The van der Waals surface area contributed by atoms with Gasteiger partial charge >= 0.3 is 6.03 Å². The summed E-state index contributed by atoms with van der Waals surface area (Å²) in [7, 11) is 0. The average Bonchev–Trinajstić information content (AvgIpc) is 2.58. The first-order chi connectivity index (χ1) is 11.1. The van der Waals surface area contributed by atoms with Gasteiger partial charge in [0, 0.05) is 31.3 Å². The van der Waals surface area contributed by atoms with Crippen molar-refractivity contribution in [3.8, 4) is 0 Å². The van der Waals surface area contributed by atoms with Gasteiger partial charge in [0.1, 0.15) is 5.69 Å². The number of amides is 2. The van der Waals surface area contributed by atoms with E-state index in [9.17, 15) is 9.59 Å². The number of carbonyl (C=O) groups is 1. The summed E-state index contributed by atoms with van der Waals surface area (Å²) in [6.07, 6.45) is 3.01. The lowest BCUT2D eigenvalue weighted by molar-refractivity contribution is 0.143. The summed E-state index contributed by atoms with van der Waals surface area (Å²) >= 11 is 6.05. The van der Waals surface area contributed by atoms with Crippen LogP contribution in [0.5, 0.6) is 0 Å². The Kier molecular flexibility index (Phi) is 4.54. The van der Waals surface area contributed by atoms with Crippen LogP contribution in [-0.2, 0) is 0 Å². The maximum Gasteiger partial charge on any atom is 0.321 e. The van der Waals surface area contributed by atoms with E-state index >= 15 is 0 Å². The topological polar surface area (TPSA) is 85.4 Å². The third-order valence-electron chi connectivity index (χ3n) is 4.27. The van der Waals surface area contributed by atoms with Gasteiger partial charge in [0.15, 0.2) is 0 Å². The summed E-state index contributed by atoms with van der Waals surface area (Å²) in [5, 5.41) is 12.7. The molecule has 3 rings (SSSR count). The number of aliphatic hydroxyl groups is 1. The van der Waals surface area contributed by atoms with Crippen LogP contribution in [0.2, 0.25) is 5.02 Å². The molecule has 122 valence electrons. The second kappa shape index (κ2) is 6.60. The smallest absolute Gasteiger partial charge is 0.321 e. The minimum absolute atomic E-state index is 0.153. The lowest BCUT2D eigenvalue weighted by Gasteiger charge is -2.31. The summed E-state index contributed by atoms with van der Waals surface area (Å²) in [5.41, 5.74) is 0.495. The predicted octanol–water partition coefficient (Wildman–Crippen LogP) is 2.42. The number of pyridine rings is 1. The second-order valence-electron chi connectivity index (χ2n) is 5.74. The van der Waals surface area contributed by atoms with Gasteiger partial charge in [0.2, 0.25) is 5.43 Å². The molecule has 1 aliphatic heterocycles. The van der Waals surface area contributed by atoms with E-state index < -0.39 is 0 Å². The van der Waals surface area contributed by atoms with Crippen LogP contribution in [0.25, 0.3) is 10.9 Å². The van der Waals surface area contributed by atoms with Crippen molar-refractivity contribution in [3.05, 3.63) is 39.6 Å². The molecule has 6 nitrogen and oxygen atoms in total. The normalized spacial score (nSPS) is 15.8. The van der Waals surface area contributed by atoms with Gasteiger partial charge in [-0.1, -0.05) is 17.7 Å². The molecule has 1 saturated heterocycles. The molecule has 3 N–H and O–H groups in total. The Morgan fingerprint density at radius 1 is 1.39 bits per heavy atom. The number of H-pyrrole nitrogens is 1. The molecular weight excluding hydrogens is 318 g/mol. The van der Waals surface area contributed by atoms with E-state index in [0.717, 1.165) is 12.8 Å². The van der Waals surface area contributed by atoms with Crippen LogP contribution >= 0.6 is 11.6 Å². The largest absolute Gasteiger partial charge is 0.396 e. The highest BCUT2D eigenvalue weighted by atomic mass is 35.5. The van der Waals surface area contributed by atoms with E-state index in [1.807, 2.05) is 0 Å². The quantitative estimate of drug-likeness (QED) is 0.787. The Bertz CT molecular complexity index is 782. The maximum atomic E-state index is 12.5. The van der Waals surface area contributed by atoms with Gasteiger partial charge in [-0.25, -0.2) is 4.79 Å². The second-order valence-corrected chi connectivity index (χ2v) is 6.14. The van der Waals surface area contributed by atoms with Gasteiger partial charge in [-0.05, 0) is 30.9 Å². The van der Waals surface area contributed by atoms with Gasteiger partial charge in [0.05, 0.1) is 10.5 Å². The number of anilines is 1. The van der Waals surface area contributed by atoms with Crippen LogP contribution in [-0.4, -0.2) is 40.7 Å². The number of para-hydroxylation sites is 1. The number of hydrogen-bond acceptors (Lipinski definition) is 3. The summed E-state index contributed by atoms with van der Waals surface area (Å²) in [5.74, 6) is 0.255. The number of likely N-dealkylation sites (tertiary alicyclic amines) is 1. The number of aliphatic hydroxyl groups excluding tert-OH is 1. The van der Waals surface area contributed by atoms with Gasteiger partial charge < -0.3 is 20.3 Å². The summed E-state index contributed by atoms with van der Waals surface area (Å²) in [4.78, 5) is 29.4. The highest BCUT2D eigenvalue weighted by Crippen LogP contribution is 2.20. The van der Waals surface area contributed by atoms with E-state index in [-0.39, 0.29) is 29.7 Å². The lowest BCUT2D eigenvalue weighted by atomic mass is 9.98. The minimum atomic E-state index is -0.298. The van der Waals surface area contributed by atoms with Crippen molar-refractivity contribution in [1.29, 1.82) is 0 Å². The molecule has 0 radical (unpaired) electrons. The van der Waals surface area contributed by atoms with Crippen molar-refractivity contribution < 1.29 is 9.90 Å². The summed E-state index contributed by atoms with van der Waals surface area (Å²) in [6, 6.07) is 4.77. The number of nitrogens with one attached hydrogen (secondary N) is 2. The van der Waals surface area contributed by atoms with Crippen molar-refractivity contribution in [1.82, 2.24) is 9.88 Å². The fourth-order valence-corrected chi connectivity index (χ4v) is 3.05. The highest BCUT2D eigenvalue weighted by molar-refractivity contribution is 6.35. The maximum absolute atomic E-state index is 12.5. The molecule has 0 spiro atoms. The summed E-state index contributed by atoms with van der Waals surface area (Å²) in [6.45, 7) is 1.31. The summed E-state index contributed by atoms with van der Waals surface area (Å²) < 4.78 is 0. The van der Waals surface area contributed by atoms with Crippen molar-refractivity contribution in [2.45, 2.75) is 12.8 Å². The van der Waals surface area contributed by atoms with Crippen LogP contribution in [0.15, 0.2) is 29.2 Å². The molecule has 7 heteroatoms. The van der Waals surface area contributed by atoms with Crippen molar-refractivity contribution in [2.75, 3.05) is 25.0 Å². The minimum Gasteiger partial charge on any atom is -0.396 e. The first kappa shape index (κ1) is 15.8. The molecule has 0 saturated carbocycles. The number of aromatic amines is 1. The van der Waals surface area contributed by atoms with E-state index in [2.05, 4.69) is 10.3 Å². The molecule has 1 aromatic heterocycles. The van der Waals surface area contributed by atoms with Gasteiger partial charge in [0.25, 0.3) is 0 Å². The highest BCUT2D eigenvalue weighted by Gasteiger charge is 2.23. The third kappa shape index (κ3) is 3.18. The zero-order chi connectivity index (χ0) is 16.4. The van der Waals surface area contributed by atoms with Gasteiger partial charge in [-0.15, -0.1) is 0 Å². The number of carbonyl (C=O) groups excluding carboxylic acids is 1. The Balaban J connectivity index is 1.78. The van der Waals surface area contributed by atoms with Crippen LogP contribution in [0.4, 0.5) is 10.5 Å². The monoisotopic (exact) mass is 335 g/mol. The molecule has 1 fully saturated rings. The van der Waals surface area contributed by atoms with Crippen LogP contribution < -0.4 is 10.7 Å². The Hall–Kier alpha value is -2.05. The van der Waals surface area contributed by atoms with Crippen molar-refractivity contribution >= 4 is 34.2 Å². The van der Waals surface area contributed by atoms with E-state index in [0.29, 0.717) is 29.0 Å². The molecule has 0 atom stereocenters. The lowest BCUT2D eigenvalue weighted by Crippen LogP contribution is -2.42. The first-order valence-corrected chi connectivity index (χ1v) is 7.94. The standard InChI is InChI=1S/C16H18ClN3O3/c17-12-3-1-2-11-14(12)18-8-13(15(11)22)19-16(23)20-6-4-10(9-21)5-7-20/h1-3,8,10,21H,4-7,9H2,(H,18,22)(H,19,23). The molecule has 1 aliphatic rings. The molecule has 2 aromatic rings. The molecular formula is C16H18ClN3O3. The van der Waals surface area contributed by atoms with Crippen LogP contribution in [0, 0.1) is 5.92 Å². The van der Waals surface area contributed by atoms with Crippen LogP contribution in [0.3, 0.4) is 0 Å². The number of fused-ring (bicyclic) bond motifs is 1. The fraction of sp³-hybridized carbons (Fsp3) is 0.375. The van der Waals surface area contributed by atoms with E-state index in [4.69, 9.17) is 16.7 Å². The Morgan fingerprint density at radius 3 is 2.83 bits per heavy atom. The number of aromatic nitrogens is 1. The van der Waals surface area contributed by atoms with E-state index in [1.165, 1.54) is 6.20 Å². The average molecular weight is 336 g/mol. The number of piperidine rings is 1. The first-order valence-electron chi connectivity index (χ1n) is 7.57. The number of hydrogen-bond donors (Lipinski definition) is 3. The zero-order valence-electron chi connectivity index (χ0n) is 12.5. The molecule has 1 aromatic carbocycles. The predicted molar refractivity (Wildman–Crippen MR) is 90.0 cm³/mol. The zero-order valence-corrected chi connectivity index (χ0v) is 13.3. The number of halogens is 1. The van der Waals surface area contributed by atoms with Gasteiger partial charge in [-0.3, -0.25) is 4.79 Å². The van der Waals surface area contributed by atoms with Gasteiger partial charge in [-0.2, -0.15) is 0 Å². The Labute approximate surface area is 138 Å². The molecule has 0 aliphatic carbocycles. The molecule has 23 heavy (non-hydrogen) atoms. The van der Waals surface area contributed by atoms with Crippen molar-refractivity contribution in [2.24, 2.45) is 5.92 Å². The Morgan fingerprint density at radius 2 is 2.13 bits per heavy atom. The number of benzene rings is 1. The number of urea groups is 1. The fourth-order valence-electron chi connectivity index (χ4n) is 2.82. The van der Waals surface area contributed by atoms with E-state index in [1.54, 1.807) is 23.1 Å². The SMILES string of the molecule is O=C(Nc1c[nH]c2c(Cl)cccc2c1=O)N1CCC(CO)CC1.